The van der Waals surface area contributed by atoms with E-state index in [0.717, 1.165) is 16.7 Å². The van der Waals surface area contributed by atoms with Gasteiger partial charge in [0, 0.05) is 31.7 Å². The monoisotopic (exact) mass is 513 g/mol. The number of fused-ring (bicyclic) bond motifs is 1. The molecule has 3 aromatic heterocycles. The summed E-state index contributed by atoms with van der Waals surface area (Å²) in [6.45, 7) is 1.29. The number of carbonyl (C=O) groups is 1. The van der Waals surface area contributed by atoms with Gasteiger partial charge in [0.15, 0.2) is 11.5 Å². The van der Waals surface area contributed by atoms with Gasteiger partial charge in [-0.15, -0.1) is 0 Å². The van der Waals surface area contributed by atoms with Crippen molar-refractivity contribution in [2.75, 3.05) is 31.2 Å². The molecule has 0 aliphatic carbocycles. The summed E-state index contributed by atoms with van der Waals surface area (Å²) in [5.41, 5.74) is 9.83. The second-order valence-corrected chi connectivity index (χ2v) is 8.42. The first kappa shape index (κ1) is 25.2. The highest BCUT2D eigenvalue weighted by molar-refractivity contribution is 6.26. The van der Waals surface area contributed by atoms with Crippen LogP contribution in [-0.4, -0.2) is 59.1 Å². The van der Waals surface area contributed by atoms with Gasteiger partial charge in [-0.2, -0.15) is 5.10 Å². The molecule has 1 radical (unpaired) electrons. The van der Waals surface area contributed by atoms with Gasteiger partial charge in [0.25, 0.3) is 13.4 Å². The predicted octanol–water partition coefficient (Wildman–Crippen LogP) is 1.90. The topological polar surface area (TPSA) is 143 Å². The lowest BCUT2D eigenvalue weighted by atomic mass is 9.91. The van der Waals surface area contributed by atoms with E-state index in [0.29, 0.717) is 48.2 Å². The summed E-state index contributed by atoms with van der Waals surface area (Å²) in [4.78, 5) is 28.3. The van der Waals surface area contributed by atoms with Crippen LogP contribution in [0.3, 0.4) is 0 Å². The minimum Gasteiger partial charge on any atom is -0.493 e. The number of methoxy groups -OCH3 is 2. The molecule has 1 aliphatic rings. The molecule has 12 nitrogen and oxygen atoms in total. The first-order chi connectivity index (χ1) is 18.6. The standard InChI is InChI=1S/C25H26BN8O4/c1-36-22-7-17-13-33(14-18(17)8-23(22)37-2)25-29-6-3-19(32-25)24(35)31-20-11-28-5-4-21(20)34-12-16(10-30-34)9-26-38-15-27/h3-8,10-12H,9,13-15,27H2,1-2H3,(H,31,35). The third kappa shape index (κ3) is 5.29. The second kappa shape index (κ2) is 11.3. The summed E-state index contributed by atoms with van der Waals surface area (Å²) in [7, 11) is 4.84. The predicted molar refractivity (Wildman–Crippen MR) is 140 cm³/mol. The van der Waals surface area contributed by atoms with Crippen molar-refractivity contribution in [1.82, 2.24) is 24.7 Å². The van der Waals surface area contributed by atoms with E-state index in [-0.39, 0.29) is 18.3 Å². The molecule has 0 saturated heterocycles. The van der Waals surface area contributed by atoms with Crippen LogP contribution in [0, 0.1) is 0 Å². The van der Waals surface area contributed by atoms with E-state index < -0.39 is 0 Å². The van der Waals surface area contributed by atoms with Crippen molar-refractivity contribution in [3.8, 4) is 17.2 Å². The number of nitrogens with two attached hydrogens (primary N) is 1. The van der Waals surface area contributed by atoms with Gasteiger partial charge in [-0.1, -0.05) is 0 Å². The Hall–Kier alpha value is -4.49. The van der Waals surface area contributed by atoms with Gasteiger partial charge in [0.2, 0.25) is 5.95 Å². The summed E-state index contributed by atoms with van der Waals surface area (Å²) in [5.74, 6) is 1.40. The van der Waals surface area contributed by atoms with Crippen LogP contribution in [0.2, 0.25) is 0 Å². The van der Waals surface area contributed by atoms with Gasteiger partial charge in [-0.25, -0.2) is 14.6 Å². The Morgan fingerprint density at radius 2 is 1.87 bits per heavy atom. The lowest BCUT2D eigenvalue weighted by Gasteiger charge is -2.16. The van der Waals surface area contributed by atoms with Crippen LogP contribution in [-0.2, 0) is 24.1 Å². The van der Waals surface area contributed by atoms with Gasteiger partial charge >= 0.3 is 0 Å². The summed E-state index contributed by atoms with van der Waals surface area (Å²) in [6.07, 6.45) is 8.89. The van der Waals surface area contributed by atoms with E-state index in [9.17, 15) is 4.79 Å². The molecule has 4 heterocycles. The number of carbonyl (C=O) groups excluding carboxylic acids is 1. The maximum absolute atomic E-state index is 13.2. The summed E-state index contributed by atoms with van der Waals surface area (Å²) >= 11 is 0. The third-order valence-electron chi connectivity index (χ3n) is 6.05. The van der Waals surface area contributed by atoms with Crippen LogP contribution in [0.5, 0.6) is 11.5 Å². The molecule has 0 bridgehead atoms. The van der Waals surface area contributed by atoms with E-state index >= 15 is 0 Å². The molecule has 0 spiro atoms. The summed E-state index contributed by atoms with van der Waals surface area (Å²) < 4.78 is 17.6. The zero-order valence-corrected chi connectivity index (χ0v) is 21.0. The Bertz CT molecular complexity index is 1410. The highest BCUT2D eigenvalue weighted by Crippen LogP contribution is 2.35. The van der Waals surface area contributed by atoms with E-state index in [1.807, 2.05) is 23.2 Å². The van der Waals surface area contributed by atoms with Gasteiger partial charge in [-0.3, -0.25) is 9.78 Å². The molecule has 0 saturated carbocycles. The van der Waals surface area contributed by atoms with Gasteiger partial charge in [0.05, 0.1) is 44.7 Å². The average Bonchev–Trinajstić information content (AvgIpc) is 3.59. The molecule has 4 aromatic rings. The van der Waals surface area contributed by atoms with Crippen LogP contribution in [0.25, 0.3) is 5.69 Å². The number of nitrogens with one attached hydrogen (secondary N) is 1. The molecule has 1 aromatic carbocycles. The van der Waals surface area contributed by atoms with E-state index in [1.165, 1.54) is 0 Å². The molecule has 0 atom stereocenters. The molecule has 3 N–H and O–H groups in total. The highest BCUT2D eigenvalue weighted by Gasteiger charge is 2.24. The normalized spacial score (nSPS) is 12.2. The third-order valence-corrected chi connectivity index (χ3v) is 6.05. The maximum atomic E-state index is 13.2. The zero-order valence-electron chi connectivity index (χ0n) is 21.0. The first-order valence-corrected chi connectivity index (χ1v) is 11.8. The molecular formula is C25H26BN8O4. The number of pyridine rings is 1. The van der Waals surface area contributed by atoms with Crippen LogP contribution < -0.4 is 25.4 Å². The minimum absolute atomic E-state index is 0.119. The van der Waals surface area contributed by atoms with Crippen molar-refractivity contribution in [2.45, 2.75) is 19.4 Å². The Labute approximate surface area is 220 Å². The van der Waals surface area contributed by atoms with Crippen molar-refractivity contribution in [3.63, 3.8) is 0 Å². The van der Waals surface area contributed by atoms with Crippen LogP contribution in [0.15, 0.2) is 55.2 Å². The maximum Gasteiger partial charge on any atom is 0.298 e. The van der Waals surface area contributed by atoms with Crippen LogP contribution >= 0.6 is 0 Å². The van der Waals surface area contributed by atoms with Gasteiger partial charge < -0.3 is 30.1 Å². The molecule has 13 heteroatoms. The van der Waals surface area contributed by atoms with Gasteiger partial charge in [-0.05, 0) is 47.3 Å². The number of aromatic nitrogens is 5. The number of ether oxygens (including phenoxy) is 2. The summed E-state index contributed by atoms with van der Waals surface area (Å²) in [6, 6.07) is 7.25. The molecular weight excluding hydrogens is 487 g/mol. The largest absolute Gasteiger partial charge is 0.493 e. The Morgan fingerprint density at radius 1 is 1.11 bits per heavy atom. The quantitative estimate of drug-likeness (QED) is 0.183. The SMILES string of the molecule is COc1cc2c(cc1OC)CN(c1nccc(C(=O)Nc3cnccc3-n3cc(C[B]OCN)cn3)n1)C2. The van der Waals surface area contributed by atoms with Crippen molar-refractivity contribution >= 4 is 25.0 Å². The molecule has 38 heavy (non-hydrogen) atoms. The number of rotatable bonds is 10. The van der Waals surface area contributed by atoms with Crippen molar-refractivity contribution in [2.24, 2.45) is 5.73 Å². The van der Waals surface area contributed by atoms with Crippen LogP contribution in [0.1, 0.15) is 27.2 Å². The number of hydrogen-bond acceptors (Lipinski definition) is 10. The number of amides is 1. The molecule has 1 amide bonds. The Kier molecular flexibility index (Phi) is 7.47. The minimum atomic E-state index is -0.389. The number of benzene rings is 1. The zero-order chi connectivity index (χ0) is 26.5. The summed E-state index contributed by atoms with van der Waals surface area (Å²) in [5, 5.41) is 7.30. The fraction of sp³-hybridized carbons (Fsp3) is 0.240. The van der Waals surface area contributed by atoms with Crippen molar-refractivity contribution in [3.05, 3.63) is 77.6 Å². The Balaban J connectivity index is 1.32. The highest BCUT2D eigenvalue weighted by atomic mass is 16.5. The first-order valence-electron chi connectivity index (χ1n) is 11.8. The van der Waals surface area contributed by atoms with Gasteiger partial charge in [0.1, 0.15) is 5.69 Å². The van der Waals surface area contributed by atoms with E-state index in [1.54, 1.807) is 63.3 Å². The van der Waals surface area contributed by atoms with Crippen LogP contribution in [0.4, 0.5) is 11.6 Å². The van der Waals surface area contributed by atoms with Crippen molar-refractivity contribution in [1.29, 1.82) is 0 Å². The molecule has 5 rings (SSSR count). The van der Waals surface area contributed by atoms with Crippen molar-refractivity contribution < 1.29 is 18.9 Å². The molecule has 1 aliphatic heterocycles. The molecule has 0 unspecified atom stereocenters. The fourth-order valence-corrected chi connectivity index (χ4v) is 4.18. The second-order valence-electron chi connectivity index (χ2n) is 8.42. The van der Waals surface area contributed by atoms with E-state index in [4.69, 9.17) is 19.9 Å². The fourth-order valence-electron chi connectivity index (χ4n) is 4.18. The average molecular weight is 513 g/mol. The lowest BCUT2D eigenvalue weighted by Crippen LogP contribution is -2.21. The number of anilines is 2. The lowest BCUT2D eigenvalue weighted by molar-refractivity contribution is 0.102. The Morgan fingerprint density at radius 3 is 2.58 bits per heavy atom. The number of hydrogen-bond donors (Lipinski definition) is 2. The van der Waals surface area contributed by atoms with E-state index in [2.05, 4.69) is 25.4 Å². The number of nitrogens with zero attached hydrogens (tertiary/aromatic N) is 6. The molecule has 193 valence electrons. The smallest absolute Gasteiger partial charge is 0.298 e. The molecule has 0 fully saturated rings.